The third kappa shape index (κ3) is 4.55. The van der Waals surface area contributed by atoms with Gasteiger partial charge in [-0.15, -0.1) is 0 Å². The fourth-order valence-corrected chi connectivity index (χ4v) is 1.37. The Morgan fingerprint density at radius 1 is 1.29 bits per heavy atom. The van der Waals surface area contributed by atoms with Crippen LogP contribution in [0.2, 0.25) is 0 Å². The fourth-order valence-electron chi connectivity index (χ4n) is 1.37. The Kier molecular flexibility index (Phi) is 5.00. The molecule has 2 amide bonds. The van der Waals surface area contributed by atoms with Crippen LogP contribution in [0.3, 0.4) is 0 Å². The first kappa shape index (κ1) is 13.0. The molecule has 0 saturated carbocycles. The lowest BCUT2D eigenvalue weighted by Gasteiger charge is -2.09. The smallest absolute Gasteiger partial charge is 0.220 e. The molecule has 1 aromatic carbocycles. The van der Waals surface area contributed by atoms with Crippen molar-refractivity contribution in [3.05, 3.63) is 29.8 Å². The Hall–Kier alpha value is -2.04. The highest BCUT2D eigenvalue weighted by molar-refractivity contribution is 5.82. The minimum Gasteiger partial charge on any atom is -0.496 e. The molecule has 0 atom stereocenters. The summed E-state index contributed by atoms with van der Waals surface area (Å²) in [6.45, 7) is 0.377. The topological polar surface area (TPSA) is 81.4 Å². The van der Waals surface area contributed by atoms with Gasteiger partial charge in [0.25, 0.3) is 0 Å². The molecule has 0 spiro atoms. The average Bonchev–Trinajstić information content (AvgIpc) is 2.34. The summed E-state index contributed by atoms with van der Waals surface area (Å²) in [5.74, 6) is 0.0508. The van der Waals surface area contributed by atoms with Crippen LogP contribution in [0.1, 0.15) is 18.4 Å². The number of rotatable bonds is 6. The van der Waals surface area contributed by atoms with Gasteiger partial charge in [-0.3, -0.25) is 9.59 Å². The van der Waals surface area contributed by atoms with Gasteiger partial charge in [-0.05, 0) is 6.07 Å². The second kappa shape index (κ2) is 6.52. The zero-order valence-electron chi connectivity index (χ0n) is 9.73. The second-order valence-electron chi connectivity index (χ2n) is 3.55. The van der Waals surface area contributed by atoms with Crippen LogP contribution in [0.5, 0.6) is 5.75 Å². The molecule has 17 heavy (non-hydrogen) atoms. The fraction of sp³-hybridized carbons (Fsp3) is 0.333. The molecule has 5 heteroatoms. The van der Waals surface area contributed by atoms with Crippen molar-refractivity contribution in [3.63, 3.8) is 0 Å². The first-order valence-electron chi connectivity index (χ1n) is 5.30. The van der Waals surface area contributed by atoms with Gasteiger partial charge >= 0.3 is 0 Å². The highest BCUT2D eigenvalue weighted by atomic mass is 16.5. The Bertz CT molecular complexity index is 404. The van der Waals surface area contributed by atoms with Crippen molar-refractivity contribution < 1.29 is 14.3 Å². The summed E-state index contributed by atoms with van der Waals surface area (Å²) < 4.78 is 5.15. The second-order valence-corrected chi connectivity index (χ2v) is 3.55. The van der Waals surface area contributed by atoms with Gasteiger partial charge in [-0.2, -0.15) is 0 Å². The molecule has 0 aliphatic rings. The normalized spacial score (nSPS) is 9.71. The summed E-state index contributed by atoms with van der Waals surface area (Å²) >= 11 is 0. The van der Waals surface area contributed by atoms with E-state index < -0.39 is 5.91 Å². The number of carbonyl (C=O) groups excluding carboxylic acids is 2. The molecule has 0 radical (unpaired) electrons. The van der Waals surface area contributed by atoms with Gasteiger partial charge in [0.1, 0.15) is 5.75 Å². The average molecular weight is 236 g/mol. The minimum absolute atomic E-state index is 0.0672. The summed E-state index contributed by atoms with van der Waals surface area (Å²) in [4.78, 5) is 21.9. The molecule has 0 bridgehead atoms. The molecular weight excluding hydrogens is 220 g/mol. The van der Waals surface area contributed by atoms with Gasteiger partial charge < -0.3 is 15.8 Å². The van der Waals surface area contributed by atoms with Crippen molar-refractivity contribution >= 4 is 11.8 Å². The Morgan fingerprint density at radius 3 is 2.65 bits per heavy atom. The Labute approximate surface area is 99.9 Å². The van der Waals surface area contributed by atoms with Crippen molar-refractivity contribution in [2.45, 2.75) is 19.4 Å². The molecule has 0 aliphatic carbocycles. The number of amides is 2. The number of para-hydroxylation sites is 1. The van der Waals surface area contributed by atoms with Crippen LogP contribution in [-0.4, -0.2) is 18.9 Å². The van der Waals surface area contributed by atoms with Gasteiger partial charge in [-0.1, -0.05) is 18.2 Å². The number of methoxy groups -OCH3 is 1. The third-order valence-corrected chi connectivity index (χ3v) is 2.27. The number of nitrogens with one attached hydrogen (secondary N) is 1. The SMILES string of the molecule is COc1ccccc1CNC(=O)CCC(N)=O. The van der Waals surface area contributed by atoms with E-state index in [-0.39, 0.29) is 18.7 Å². The van der Waals surface area contributed by atoms with Gasteiger partial charge in [0.05, 0.1) is 7.11 Å². The van der Waals surface area contributed by atoms with E-state index in [1.807, 2.05) is 24.3 Å². The molecule has 5 nitrogen and oxygen atoms in total. The van der Waals surface area contributed by atoms with Gasteiger partial charge in [0, 0.05) is 24.9 Å². The van der Waals surface area contributed by atoms with E-state index in [9.17, 15) is 9.59 Å². The number of hydrogen-bond acceptors (Lipinski definition) is 3. The number of carbonyl (C=O) groups is 2. The van der Waals surface area contributed by atoms with Crippen LogP contribution in [0.25, 0.3) is 0 Å². The maximum Gasteiger partial charge on any atom is 0.220 e. The van der Waals surface area contributed by atoms with E-state index >= 15 is 0 Å². The molecule has 0 aliphatic heterocycles. The van der Waals surface area contributed by atoms with Crippen LogP contribution in [-0.2, 0) is 16.1 Å². The molecule has 1 rings (SSSR count). The number of benzene rings is 1. The molecular formula is C12H16N2O3. The van der Waals surface area contributed by atoms with E-state index in [1.165, 1.54) is 0 Å². The molecule has 0 aromatic heterocycles. The lowest BCUT2D eigenvalue weighted by Crippen LogP contribution is -2.24. The first-order chi connectivity index (χ1) is 8.13. The van der Waals surface area contributed by atoms with Gasteiger partial charge in [-0.25, -0.2) is 0 Å². The highest BCUT2D eigenvalue weighted by Gasteiger charge is 2.06. The van der Waals surface area contributed by atoms with Crippen LogP contribution < -0.4 is 15.8 Å². The van der Waals surface area contributed by atoms with Crippen molar-refractivity contribution in [1.82, 2.24) is 5.32 Å². The maximum absolute atomic E-state index is 11.4. The van der Waals surface area contributed by atoms with E-state index in [0.29, 0.717) is 6.54 Å². The zero-order valence-corrected chi connectivity index (χ0v) is 9.73. The number of ether oxygens (including phenoxy) is 1. The lowest BCUT2D eigenvalue weighted by molar-refractivity contribution is -0.125. The van der Waals surface area contributed by atoms with Crippen molar-refractivity contribution in [2.75, 3.05) is 7.11 Å². The number of primary amides is 1. The summed E-state index contributed by atoms with van der Waals surface area (Å²) in [6, 6.07) is 7.42. The quantitative estimate of drug-likeness (QED) is 0.758. The van der Waals surface area contributed by atoms with E-state index in [4.69, 9.17) is 10.5 Å². The highest BCUT2D eigenvalue weighted by Crippen LogP contribution is 2.16. The van der Waals surface area contributed by atoms with Crippen molar-refractivity contribution in [2.24, 2.45) is 5.73 Å². The molecule has 1 aromatic rings. The standard InChI is InChI=1S/C12H16N2O3/c1-17-10-5-3-2-4-9(10)8-14-12(16)7-6-11(13)15/h2-5H,6-8H2,1H3,(H2,13,15)(H,14,16). The van der Waals surface area contributed by atoms with Gasteiger partial charge in [0.2, 0.25) is 11.8 Å². The van der Waals surface area contributed by atoms with Crippen LogP contribution >= 0.6 is 0 Å². The summed E-state index contributed by atoms with van der Waals surface area (Å²) in [5.41, 5.74) is 5.85. The monoisotopic (exact) mass is 236 g/mol. The molecule has 3 N–H and O–H groups in total. The predicted molar refractivity (Wildman–Crippen MR) is 63.3 cm³/mol. The van der Waals surface area contributed by atoms with Crippen LogP contribution in [0, 0.1) is 0 Å². The molecule has 92 valence electrons. The predicted octanol–water partition coefficient (Wildman–Crippen LogP) is 0.577. The minimum atomic E-state index is -0.475. The molecule has 0 fully saturated rings. The molecule has 0 unspecified atom stereocenters. The Morgan fingerprint density at radius 2 is 2.00 bits per heavy atom. The van der Waals surface area contributed by atoms with E-state index in [0.717, 1.165) is 11.3 Å². The Balaban J connectivity index is 2.44. The number of nitrogens with two attached hydrogens (primary N) is 1. The maximum atomic E-state index is 11.4. The summed E-state index contributed by atoms with van der Waals surface area (Å²) in [7, 11) is 1.58. The largest absolute Gasteiger partial charge is 0.496 e. The summed E-state index contributed by atoms with van der Waals surface area (Å²) in [6.07, 6.45) is 0.183. The van der Waals surface area contributed by atoms with Crippen molar-refractivity contribution in [3.8, 4) is 5.75 Å². The van der Waals surface area contributed by atoms with Crippen LogP contribution in [0.4, 0.5) is 0 Å². The van der Waals surface area contributed by atoms with E-state index in [2.05, 4.69) is 5.32 Å². The summed E-state index contributed by atoms with van der Waals surface area (Å²) in [5, 5.41) is 2.70. The zero-order chi connectivity index (χ0) is 12.7. The van der Waals surface area contributed by atoms with Crippen LogP contribution in [0.15, 0.2) is 24.3 Å². The lowest BCUT2D eigenvalue weighted by atomic mass is 10.2. The first-order valence-corrected chi connectivity index (χ1v) is 5.30. The molecule has 0 heterocycles. The van der Waals surface area contributed by atoms with Crippen molar-refractivity contribution in [1.29, 1.82) is 0 Å². The molecule has 0 saturated heterocycles. The number of hydrogen-bond donors (Lipinski definition) is 2. The third-order valence-electron chi connectivity index (χ3n) is 2.27. The van der Waals surface area contributed by atoms with Gasteiger partial charge in [0.15, 0.2) is 0 Å². The van der Waals surface area contributed by atoms with E-state index in [1.54, 1.807) is 7.11 Å².